The van der Waals surface area contributed by atoms with E-state index in [1.807, 2.05) is 7.05 Å². The zero-order valence-corrected chi connectivity index (χ0v) is 4.65. The second-order valence-electron chi connectivity index (χ2n) is 0.707. The minimum absolute atomic E-state index is 1.00. The number of hydrogen-bond acceptors (Lipinski definition) is 2. The number of aliphatic hydroxyl groups is 1. The van der Waals surface area contributed by atoms with Crippen LogP contribution in [0.4, 0.5) is 0 Å². The van der Waals surface area contributed by atoms with Crippen molar-refractivity contribution in [2.24, 2.45) is 0 Å². The molecule has 0 heterocycles. The van der Waals surface area contributed by atoms with Crippen LogP contribution in [0.5, 0.6) is 0 Å². The Morgan fingerprint density at radius 1 is 1.50 bits per heavy atom. The zero-order chi connectivity index (χ0) is 5.41. The fourth-order valence-corrected chi connectivity index (χ4v) is 0. The second-order valence-corrected chi connectivity index (χ2v) is 0.707. The van der Waals surface area contributed by atoms with Crippen LogP contribution in [-0.2, 0) is 0 Å². The normalized spacial score (nSPS) is 6.00. The molecule has 0 saturated heterocycles. The lowest BCUT2D eigenvalue weighted by molar-refractivity contribution is 0.399. The molecule has 0 aromatic carbocycles. The van der Waals surface area contributed by atoms with E-state index < -0.39 is 0 Å². The summed E-state index contributed by atoms with van der Waals surface area (Å²) < 4.78 is 0. The Bertz CT molecular complexity index is 9.51. The average molecular weight is 91.2 g/mol. The van der Waals surface area contributed by atoms with Gasteiger partial charge in [-0.3, -0.25) is 0 Å². The molecule has 0 fully saturated rings. The van der Waals surface area contributed by atoms with Crippen molar-refractivity contribution in [3.63, 3.8) is 0 Å². The first-order valence-electron chi connectivity index (χ1n) is 2.01. The van der Waals surface area contributed by atoms with E-state index in [1.54, 1.807) is 0 Å². The third-order valence-electron chi connectivity index (χ3n) is 0.354. The highest BCUT2D eigenvalue weighted by molar-refractivity contribution is 4.15. The van der Waals surface area contributed by atoms with Crippen LogP contribution in [0.25, 0.3) is 0 Å². The highest BCUT2D eigenvalue weighted by atomic mass is 16.2. The summed E-state index contributed by atoms with van der Waals surface area (Å²) in [6.07, 6.45) is 0. The molecule has 0 saturated carbocycles. The van der Waals surface area contributed by atoms with Gasteiger partial charge in [-0.15, -0.1) is 0 Å². The van der Waals surface area contributed by atoms with Gasteiger partial charge >= 0.3 is 0 Å². The van der Waals surface area contributed by atoms with Gasteiger partial charge in [0.05, 0.1) is 0 Å². The Labute approximate surface area is 39.2 Å². The van der Waals surface area contributed by atoms with E-state index in [0.29, 0.717) is 0 Å². The molecule has 40 valence electrons. The average Bonchev–Trinajstić information content (AvgIpc) is 1.72. The van der Waals surface area contributed by atoms with Crippen LogP contribution in [0.1, 0.15) is 6.92 Å². The summed E-state index contributed by atoms with van der Waals surface area (Å²) in [5.41, 5.74) is 0. The Hall–Kier alpha value is -0.0800. The van der Waals surface area contributed by atoms with E-state index >= 15 is 0 Å². The van der Waals surface area contributed by atoms with Crippen LogP contribution in [0.2, 0.25) is 0 Å². The van der Waals surface area contributed by atoms with Gasteiger partial charge in [0.25, 0.3) is 0 Å². The van der Waals surface area contributed by atoms with Crippen molar-refractivity contribution in [1.82, 2.24) is 5.32 Å². The van der Waals surface area contributed by atoms with Gasteiger partial charge in [-0.05, 0) is 13.6 Å². The summed E-state index contributed by atoms with van der Waals surface area (Å²) in [6, 6.07) is 0. The molecule has 2 N–H and O–H groups in total. The fourth-order valence-electron chi connectivity index (χ4n) is 0. The molecule has 2 nitrogen and oxygen atoms in total. The van der Waals surface area contributed by atoms with Crippen molar-refractivity contribution in [2.75, 3.05) is 20.7 Å². The molecular weight excluding hydrogens is 78.0 g/mol. The van der Waals surface area contributed by atoms with Crippen LogP contribution in [0.15, 0.2) is 0 Å². The van der Waals surface area contributed by atoms with Crippen LogP contribution < -0.4 is 5.32 Å². The summed E-state index contributed by atoms with van der Waals surface area (Å²) in [5.74, 6) is 0. The Balaban J connectivity index is 0. The molecule has 0 radical (unpaired) electrons. The second kappa shape index (κ2) is 20.5. The van der Waals surface area contributed by atoms with Crippen molar-refractivity contribution in [3.8, 4) is 0 Å². The van der Waals surface area contributed by atoms with Crippen molar-refractivity contribution >= 4 is 0 Å². The van der Waals surface area contributed by atoms with E-state index in [4.69, 9.17) is 5.11 Å². The molecule has 0 aliphatic rings. The minimum atomic E-state index is 1.00. The van der Waals surface area contributed by atoms with Crippen molar-refractivity contribution < 1.29 is 5.11 Å². The van der Waals surface area contributed by atoms with Gasteiger partial charge in [0.2, 0.25) is 0 Å². The molecule has 0 unspecified atom stereocenters. The van der Waals surface area contributed by atoms with Gasteiger partial charge < -0.3 is 10.4 Å². The van der Waals surface area contributed by atoms with Gasteiger partial charge in [0, 0.05) is 7.11 Å². The maximum Gasteiger partial charge on any atom is 0.0319 e. The monoisotopic (exact) mass is 91.1 g/mol. The summed E-state index contributed by atoms with van der Waals surface area (Å²) in [7, 11) is 2.93. The molecular formula is C4H13NO. The maximum absolute atomic E-state index is 7.00. The molecule has 6 heavy (non-hydrogen) atoms. The van der Waals surface area contributed by atoms with Gasteiger partial charge in [-0.2, -0.15) is 0 Å². The molecule has 0 aromatic heterocycles. The SMILES string of the molecule is CCNC.CO. The number of nitrogens with one attached hydrogen (secondary N) is 1. The van der Waals surface area contributed by atoms with Gasteiger partial charge in [0.15, 0.2) is 0 Å². The van der Waals surface area contributed by atoms with Gasteiger partial charge in [0.1, 0.15) is 0 Å². The Kier molecular flexibility index (Phi) is 31.9. The predicted octanol–water partition coefficient (Wildman–Crippen LogP) is -0.166. The molecule has 0 aliphatic heterocycles. The largest absolute Gasteiger partial charge is 0.400 e. The quantitative estimate of drug-likeness (QED) is 0.470. The predicted molar refractivity (Wildman–Crippen MR) is 27.7 cm³/mol. The summed E-state index contributed by atoms with van der Waals surface area (Å²) >= 11 is 0. The topological polar surface area (TPSA) is 32.3 Å². The lowest BCUT2D eigenvalue weighted by atomic mass is 10.8. The van der Waals surface area contributed by atoms with E-state index in [1.165, 1.54) is 0 Å². The van der Waals surface area contributed by atoms with E-state index in [-0.39, 0.29) is 0 Å². The zero-order valence-electron chi connectivity index (χ0n) is 4.65. The molecule has 0 atom stereocenters. The Morgan fingerprint density at radius 2 is 1.67 bits per heavy atom. The van der Waals surface area contributed by atoms with Crippen molar-refractivity contribution in [3.05, 3.63) is 0 Å². The lowest BCUT2D eigenvalue weighted by Gasteiger charge is -1.76. The summed E-state index contributed by atoms with van der Waals surface area (Å²) in [5, 5.41) is 9.93. The first kappa shape index (κ1) is 9.33. The van der Waals surface area contributed by atoms with Crippen molar-refractivity contribution in [2.45, 2.75) is 6.92 Å². The standard InChI is InChI=1S/C3H9N.CH4O/c1-3-4-2;1-2/h4H,3H2,1-2H3;2H,1H3. The van der Waals surface area contributed by atoms with Crippen LogP contribution >= 0.6 is 0 Å². The van der Waals surface area contributed by atoms with E-state index in [2.05, 4.69) is 12.2 Å². The highest BCUT2D eigenvalue weighted by Gasteiger charge is 1.50. The fraction of sp³-hybridized carbons (Fsp3) is 1.00. The molecule has 0 spiro atoms. The molecule has 0 amide bonds. The molecule has 0 aliphatic carbocycles. The molecule has 2 heteroatoms. The van der Waals surface area contributed by atoms with E-state index in [9.17, 15) is 0 Å². The summed E-state index contributed by atoms with van der Waals surface area (Å²) in [6.45, 7) is 3.14. The third-order valence-corrected chi connectivity index (χ3v) is 0.354. The van der Waals surface area contributed by atoms with E-state index in [0.717, 1.165) is 13.7 Å². The highest BCUT2D eigenvalue weighted by Crippen LogP contribution is 1.34. The number of rotatable bonds is 1. The first-order valence-corrected chi connectivity index (χ1v) is 2.01. The van der Waals surface area contributed by atoms with Gasteiger partial charge in [-0.25, -0.2) is 0 Å². The molecule has 0 aromatic rings. The van der Waals surface area contributed by atoms with Crippen LogP contribution in [0.3, 0.4) is 0 Å². The smallest absolute Gasteiger partial charge is 0.0319 e. The summed E-state index contributed by atoms with van der Waals surface area (Å²) in [4.78, 5) is 0. The van der Waals surface area contributed by atoms with Crippen LogP contribution in [0, 0.1) is 0 Å². The Morgan fingerprint density at radius 3 is 1.67 bits per heavy atom. The molecule has 0 rings (SSSR count). The first-order chi connectivity index (χ1) is 2.91. The third kappa shape index (κ3) is 39.5. The maximum atomic E-state index is 7.00. The minimum Gasteiger partial charge on any atom is -0.400 e. The van der Waals surface area contributed by atoms with Gasteiger partial charge in [-0.1, -0.05) is 6.92 Å². The van der Waals surface area contributed by atoms with Crippen LogP contribution in [-0.4, -0.2) is 25.8 Å². The lowest BCUT2D eigenvalue weighted by Crippen LogP contribution is -2.01. The number of hydrogen-bond donors (Lipinski definition) is 2. The molecule has 0 bridgehead atoms. The number of aliphatic hydroxyl groups excluding tert-OH is 1. The van der Waals surface area contributed by atoms with Crippen molar-refractivity contribution in [1.29, 1.82) is 0 Å².